The fourth-order valence-electron chi connectivity index (χ4n) is 3.83. The van der Waals surface area contributed by atoms with Gasteiger partial charge in [0, 0.05) is 43.3 Å². The van der Waals surface area contributed by atoms with E-state index in [0.29, 0.717) is 5.92 Å². The molecule has 0 bridgehead atoms. The second kappa shape index (κ2) is 8.66. The summed E-state index contributed by atoms with van der Waals surface area (Å²) in [7, 11) is 2.16. The van der Waals surface area contributed by atoms with Crippen LogP contribution in [0.3, 0.4) is 0 Å². The van der Waals surface area contributed by atoms with Crippen LogP contribution in [0.2, 0.25) is 0 Å². The summed E-state index contributed by atoms with van der Waals surface area (Å²) in [6.45, 7) is 5.29. The van der Waals surface area contributed by atoms with Crippen molar-refractivity contribution < 1.29 is 0 Å². The van der Waals surface area contributed by atoms with E-state index in [1.165, 1.54) is 33.7 Å². The van der Waals surface area contributed by atoms with E-state index in [-0.39, 0.29) is 0 Å². The third-order valence-electron chi connectivity index (χ3n) is 5.73. The number of rotatable bonds is 6. The van der Waals surface area contributed by atoms with Gasteiger partial charge in [0.1, 0.15) is 0 Å². The van der Waals surface area contributed by atoms with Crippen LogP contribution in [-0.2, 0) is 6.54 Å². The molecule has 29 heavy (non-hydrogen) atoms. The average molecular weight is 402 g/mol. The summed E-state index contributed by atoms with van der Waals surface area (Å²) in [6.07, 6.45) is 13.5. The summed E-state index contributed by atoms with van der Waals surface area (Å²) < 4.78 is 2.08. The van der Waals surface area contributed by atoms with Crippen molar-refractivity contribution in [2.24, 2.45) is 0 Å². The smallest absolute Gasteiger partial charge is 0.0949 e. The number of hydrogen-bond donors (Lipinski definition) is 0. The lowest BCUT2D eigenvalue weighted by Gasteiger charge is -2.32. The SMILES string of the molecule is CC1=CC(c2ccsc2)C(CC=Cc2ccc(Cn3ccnc3)cc2)=C(C)N1C. The third-order valence-corrected chi connectivity index (χ3v) is 6.44. The number of aromatic nitrogens is 2. The fourth-order valence-corrected chi connectivity index (χ4v) is 4.53. The van der Waals surface area contributed by atoms with Crippen LogP contribution in [0.1, 0.15) is 42.9 Å². The van der Waals surface area contributed by atoms with Crippen LogP contribution in [-0.4, -0.2) is 21.5 Å². The number of allylic oxidation sites excluding steroid dienone is 5. The first-order valence-electron chi connectivity index (χ1n) is 9.97. The maximum absolute atomic E-state index is 4.10. The monoisotopic (exact) mass is 401 g/mol. The Kier molecular flexibility index (Phi) is 5.81. The van der Waals surface area contributed by atoms with Crippen LogP contribution in [0.5, 0.6) is 0 Å². The van der Waals surface area contributed by atoms with Gasteiger partial charge in [0.05, 0.1) is 6.33 Å². The molecule has 148 valence electrons. The van der Waals surface area contributed by atoms with E-state index in [2.05, 4.69) is 94.7 Å². The van der Waals surface area contributed by atoms with E-state index in [0.717, 1.165) is 13.0 Å². The zero-order valence-corrected chi connectivity index (χ0v) is 18.1. The largest absolute Gasteiger partial charge is 0.352 e. The highest BCUT2D eigenvalue weighted by Gasteiger charge is 2.23. The number of thiophene rings is 1. The first-order valence-corrected chi connectivity index (χ1v) is 10.9. The normalized spacial score (nSPS) is 17.3. The minimum absolute atomic E-state index is 0.375. The van der Waals surface area contributed by atoms with Crippen LogP contribution in [0.25, 0.3) is 6.08 Å². The second-order valence-corrected chi connectivity index (χ2v) is 8.38. The van der Waals surface area contributed by atoms with Gasteiger partial charge in [-0.15, -0.1) is 0 Å². The van der Waals surface area contributed by atoms with Gasteiger partial charge in [0.15, 0.2) is 0 Å². The van der Waals surface area contributed by atoms with E-state index < -0.39 is 0 Å². The molecule has 4 rings (SSSR count). The summed E-state index contributed by atoms with van der Waals surface area (Å²) in [4.78, 5) is 6.40. The number of nitrogens with zero attached hydrogens (tertiary/aromatic N) is 3. The molecule has 1 aliphatic rings. The Bertz CT molecular complexity index is 1020. The summed E-state index contributed by atoms with van der Waals surface area (Å²) >= 11 is 1.77. The molecule has 0 spiro atoms. The van der Waals surface area contributed by atoms with Crippen LogP contribution in [0.15, 0.2) is 88.9 Å². The summed E-state index contributed by atoms with van der Waals surface area (Å²) in [5.41, 5.74) is 8.08. The van der Waals surface area contributed by atoms with Gasteiger partial charge in [-0.25, -0.2) is 4.98 Å². The highest BCUT2D eigenvalue weighted by atomic mass is 32.1. The topological polar surface area (TPSA) is 21.1 Å². The van der Waals surface area contributed by atoms with Gasteiger partial charge in [-0.2, -0.15) is 11.3 Å². The highest BCUT2D eigenvalue weighted by Crippen LogP contribution is 2.38. The highest BCUT2D eigenvalue weighted by molar-refractivity contribution is 7.08. The molecule has 3 heterocycles. The van der Waals surface area contributed by atoms with Crippen molar-refractivity contribution in [2.75, 3.05) is 7.05 Å². The Morgan fingerprint density at radius 1 is 1.14 bits per heavy atom. The molecule has 0 radical (unpaired) electrons. The molecule has 1 aromatic carbocycles. The van der Waals surface area contributed by atoms with Gasteiger partial charge in [-0.3, -0.25) is 0 Å². The van der Waals surface area contributed by atoms with Crippen molar-refractivity contribution >= 4 is 17.4 Å². The number of hydrogen-bond acceptors (Lipinski definition) is 3. The van der Waals surface area contributed by atoms with Crippen molar-refractivity contribution in [2.45, 2.75) is 32.7 Å². The van der Waals surface area contributed by atoms with Crippen molar-refractivity contribution in [1.82, 2.24) is 14.5 Å². The molecular formula is C25H27N3S. The van der Waals surface area contributed by atoms with Gasteiger partial charge in [-0.05, 0) is 59.4 Å². The van der Waals surface area contributed by atoms with Crippen molar-refractivity contribution in [3.05, 3.63) is 106 Å². The lowest BCUT2D eigenvalue weighted by molar-refractivity contribution is 0.489. The molecule has 1 atom stereocenters. The average Bonchev–Trinajstić information content (AvgIpc) is 3.43. The third kappa shape index (κ3) is 4.43. The maximum Gasteiger partial charge on any atom is 0.0949 e. The van der Waals surface area contributed by atoms with E-state index in [4.69, 9.17) is 0 Å². The van der Waals surface area contributed by atoms with Gasteiger partial charge in [-0.1, -0.05) is 42.5 Å². The van der Waals surface area contributed by atoms with Gasteiger partial charge < -0.3 is 9.47 Å². The molecule has 0 fully saturated rings. The first kappa shape index (κ1) is 19.5. The minimum atomic E-state index is 0.375. The molecule has 0 N–H and O–H groups in total. The molecular weight excluding hydrogens is 374 g/mol. The van der Waals surface area contributed by atoms with Gasteiger partial charge >= 0.3 is 0 Å². The van der Waals surface area contributed by atoms with Gasteiger partial charge in [0.25, 0.3) is 0 Å². The predicted molar refractivity (Wildman–Crippen MR) is 123 cm³/mol. The van der Waals surface area contributed by atoms with Crippen LogP contribution in [0, 0.1) is 0 Å². The lowest BCUT2D eigenvalue weighted by atomic mass is 9.86. The second-order valence-electron chi connectivity index (χ2n) is 7.60. The molecule has 0 amide bonds. The number of benzene rings is 1. The van der Waals surface area contributed by atoms with Crippen molar-refractivity contribution in [3.63, 3.8) is 0 Å². The van der Waals surface area contributed by atoms with Gasteiger partial charge in [0.2, 0.25) is 0 Å². The van der Waals surface area contributed by atoms with E-state index in [1.807, 2.05) is 18.7 Å². The predicted octanol–water partition coefficient (Wildman–Crippen LogP) is 6.30. The molecule has 0 aliphatic carbocycles. The summed E-state index contributed by atoms with van der Waals surface area (Å²) in [5, 5.41) is 4.45. The molecule has 0 saturated carbocycles. The fraction of sp³-hybridized carbons (Fsp3) is 0.240. The molecule has 3 aromatic rings. The Morgan fingerprint density at radius 3 is 2.66 bits per heavy atom. The summed E-state index contributed by atoms with van der Waals surface area (Å²) in [5.74, 6) is 0.375. The summed E-state index contributed by atoms with van der Waals surface area (Å²) in [6, 6.07) is 11.0. The standard InChI is InChI=1S/C25H27N3S/c1-19-15-25(23-11-14-29-17-23)24(20(2)27(19)3)6-4-5-21-7-9-22(10-8-21)16-28-13-12-26-18-28/h4-5,7-15,17-18,25H,6,16H2,1-3H3. The Balaban J connectivity index is 1.47. The molecule has 0 saturated heterocycles. The molecule has 4 heteroatoms. The van der Waals surface area contributed by atoms with Crippen molar-refractivity contribution in [3.8, 4) is 0 Å². The molecule has 2 aromatic heterocycles. The van der Waals surface area contributed by atoms with Crippen LogP contribution in [0.4, 0.5) is 0 Å². The van der Waals surface area contributed by atoms with E-state index in [9.17, 15) is 0 Å². The number of imidazole rings is 1. The zero-order chi connectivity index (χ0) is 20.2. The Hall–Kier alpha value is -2.85. The first-order chi connectivity index (χ1) is 14.1. The van der Waals surface area contributed by atoms with E-state index >= 15 is 0 Å². The van der Waals surface area contributed by atoms with Crippen molar-refractivity contribution in [1.29, 1.82) is 0 Å². The molecule has 1 unspecified atom stereocenters. The Labute approximate surface area is 177 Å². The Morgan fingerprint density at radius 2 is 1.97 bits per heavy atom. The minimum Gasteiger partial charge on any atom is -0.352 e. The zero-order valence-electron chi connectivity index (χ0n) is 17.2. The molecule has 3 nitrogen and oxygen atoms in total. The van der Waals surface area contributed by atoms with E-state index in [1.54, 1.807) is 11.3 Å². The molecule has 1 aliphatic heterocycles. The maximum atomic E-state index is 4.10. The quantitative estimate of drug-likeness (QED) is 0.483. The lowest BCUT2D eigenvalue weighted by Crippen LogP contribution is -2.22. The van der Waals surface area contributed by atoms with Crippen LogP contribution < -0.4 is 0 Å². The van der Waals surface area contributed by atoms with Crippen LogP contribution >= 0.6 is 11.3 Å².